The number of hydrogen-bond acceptors (Lipinski definition) is 2. The van der Waals surface area contributed by atoms with E-state index < -0.39 is 0 Å². The maximum absolute atomic E-state index is 12.1. The zero-order valence-corrected chi connectivity index (χ0v) is 10.4. The highest BCUT2D eigenvalue weighted by atomic mass is 16.1. The van der Waals surface area contributed by atoms with Crippen LogP contribution in [0, 0.1) is 0 Å². The van der Waals surface area contributed by atoms with Gasteiger partial charge in [-0.25, -0.2) is 0 Å². The molecule has 0 fully saturated rings. The van der Waals surface area contributed by atoms with Gasteiger partial charge in [0, 0.05) is 6.42 Å². The van der Waals surface area contributed by atoms with Gasteiger partial charge in [0.25, 0.3) is 0 Å². The van der Waals surface area contributed by atoms with Crippen molar-refractivity contribution < 1.29 is 4.79 Å². The predicted molar refractivity (Wildman–Crippen MR) is 67.4 cm³/mol. The summed E-state index contributed by atoms with van der Waals surface area (Å²) in [6, 6.07) is 9.90. The topological polar surface area (TPSA) is 20.3 Å². The number of rotatable bonds is 6. The van der Waals surface area contributed by atoms with Crippen LogP contribution in [-0.2, 0) is 4.79 Å². The molecule has 1 atom stereocenters. The van der Waals surface area contributed by atoms with Gasteiger partial charge in [-0.15, -0.1) is 0 Å². The molecule has 1 rings (SSSR count). The molecule has 0 heterocycles. The summed E-state index contributed by atoms with van der Waals surface area (Å²) < 4.78 is 0. The first-order valence-corrected chi connectivity index (χ1v) is 5.91. The summed E-state index contributed by atoms with van der Waals surface area (Å²) in [5.74, 6) is 0.318. The van der Waals surface area contributed by atoms with E-state index in [2.05, 4.69) is 6.92 Å². The number of likely N-dealkylation sites (N-methyl/N-ethyl adjacent to an activating group) is 1. The Labute approximate surface area is 98.3 Å². The highest BCUT2D eigenvalue weighted by Gasteiger charge is 2.21. The zero-order valence-electron chi connectivity index (χ0n) is 10.4. The molecule has 88 valence electrons. The number of benzene rings is 1. The molecule has 16 heavy (non-hydrogen) atoms. The molecule has 1 aromatic rings. The first-order chi connectivity index (χ1) is 7.66. The van der Waals surface area contributed by atoms with E-state index >= 15 is 0 Å². The fraction of sp³-hybridized carbons (Fsp3) is 0.500. The molecule has 0 saturated heterocycles. The third-order valence-electron chi connectivity index (χ3n) is 2.71. The second-order valence-electron chi connectivity index (χ2n) is 4.35. The Morgan fingerprint density at radius 2 is 1.88 bits per heavy atom. The highest BCUT2D eigenvalue weighted by Crippen LogP contribution is 2.21. The normalized spacial score (nSPS) is 12.8. The second-order valence-corrected chi connectivity index (χ2v) is 4.35. The fourth-order valence-electron chi connectivity index (χ4n) is 1.90. The molecule has 0 saturated carbocycles. The van der Waals surface area contributed by atoms with Crippen molar-refractivity contribution in [1.29, 1.82) is 0 Å². The molecule has 0 N–H and O–H groups in total. The fourth-order valence-corrected chi connectivity index (χ4v) is 1.90. The predicted octanol–water partition coefficient (Wildman–Crippen LogP) is 3.05. The molecule has 1 unspecified atom stereocenters. The molecule has 0 aliphatic carbocycles. The van der Waals surface area contributed by atoms with E-state index in [4.69, 9.17) is 0 Å². The number of nitrogens with zero attached hydrogens (tertiary/aromatic N) is 1. The monoisotopic (exact) mass is 219 g/mol. The molecule has 2 nitrogen and oxygen atoms in total. The van der Waals surface area contributed by atoms with Gasteiger partial charge in [-0.2, -0.15) is 0 Å². The number of ketones is 1. The Morgan fingerprint density at radius 3 is 2.38 bits per heavy atom. The lowest BCUT2D eigenvalue weighted by molar-refractivity contribution is -0.123. The molecule has 0 amide bonds. The third-order valence-corrected chi connectivity index (χ3v) is 2.71. The molecular weight excluding hydrogens is 198 g/mol. The van der Waals surface area contributed by atoms with Crippen molar-refractivity contribution in [2.45, 2.75) is 32.2 Å². The molecule has 1 aromatic carbocycles. The van der Waals surface area contributed by atoms with E-state index in [1.165, 1.54) is 0 Å². The van der Waals surface area contributed by atoms with Crippen molar-refractivity contribution in [1.82, 2.24) is 4.90 Å². The molecule has 0 aliphatic heterocycles. The minimum absolute atomic E-state index is 0.0900. The summed E-state index contributed by atoms with van der Waals surface area (Å²) in [6.45, 7) is 2.11. The first kappa shape index (κ1) is 12.9. The number of Topliss-reactive ketones (excluding diaryl/α,β-unsaturated/α-hetero) is 1. The smallest absolute Gasteiger partial charge is 0.154 e. The van der Waals surface area contributed by atoms with E-state index in [-0.39, 0.29) is 6.04 Å². The van der Waals surface area contributed by atoms with Crippen LogP contribution < -0.4 is 0 Å². The second kappa shape index (κ2) is 6.44. The van der Waals surface area contributed by atoms with Gasteiger partial charge in [0.2, 0.25) is 0 Å². The van der Waals surface area contributed by atoms with E-state index in [1.807, 2.05) is 49.3 Å². The third kappa shape index (κ3) is 3.46. The molecular formula is C14H21NO. The van der Waals surface area contributed by atoms with Gasteiger partial charge in [-0.3, -0.25) is 9.69 Å². The first-order valence-electron chi connectivity index (χ1n) is 5.91. The van der Waals surface area contributed by atoms with Crippen LogP contribution in [0.15, 0.2) is 30.3 Å². The minimum Gasteiger partial charge on any atom is -0.298 e. The van der Waals surface area contributed by atoms with Gasteiger partial charge in [-0.1, -0.05) is 43.7 Å². The van der Waals surface area contributed by atoms with Gasteiger partial charge >= 0.3 is 0 Å². The largest absolute Gasteiger partial charge is 0.298 e. The Kier molecular flexibility index (Phi) is 5.20. The van der Waals surface area contributed by atoms with Crippen molar-refractivity contribution >= 4 is 5.78 Å². The number of hydrogen-bond donors (Lipinski definition) is 0. The lowest BCUT2D eigenvalue weighted by Crippen LogP contribution is -2.27. The molecule has 0 spiro atoms. The summed E-state index contributed by atoms with van der Waals surface area (Å²) in [6.07, 6.45) is 2.73. The minimum atomic E-state index is -0.0900. The molecule has 0 aliphatic rings. The van der Waals surface area contributed by atoms with Crippen molar-refractivity contribution in [3.05, 3.63) is 35.9 Å². The Bertz CT molecular complexity index is 319. The lowest BCUT2D eigenvalue weighted by atomic mass is 9.98. The van der Waals surface area contributed by atoms with E-state index in [0.29, 0.717) is 12.2 Å². The van der Waals surface area contributed by atoms with Crippen molar-refractivity contribution in [3.8, 4) is 0 Å². The molecule has 2 heteroatoms. The quantitative estimate of drug-likeness (QED) is 0.733. The van der Waals surface area contributed by atoms with Gasteiger partial charge in [0.05, 0.1) is 6.04 Å². The van der Waals surface area contributed by atoms with Gasteiger partial charge in [0.15, 0.2) is 5.78 Å². The molecule has 0 aromatic heterocycles. The SMILES string of the molecule is CCCCC(=O)C(c1ccccc1)N(C)C. The van der Waals surface area contributed by atoms with Crippen LogP contribution in [0.1, 0.15) is 37.8 Å². The Balaban J connectivity index is 2.79. The van der Waals surface area contributed by atoms with Crippen LogP contribution in [0.3, 0.4) is 0 Å². The standard InChI is InChI=1S/C14H21NO/c1-4-5-11-13(16)14(15(2)3)12-9-7-6-8-10-12/h6-10,14H,4-5,11H2,1-3H3. The summed E-state index contributed by atoms with van der Waals surface area (Å²) in [5.41, 5.74) is 1.09. The summed E-state index contributed by atoms with van der Waals surface area (Å²) in [4.78, 5) is 14.1. The van der Waals surface area contributed by atoms with Crippen LogP contribution in [0.25, 0.3) is 0 Å². The average molecular weight is 219 g/mol. The van der Waals surface area contributed by atoms with E-state index in [1.54, 1.807) is 0 Å². The van der Waals surface area contributed by atoms with Crippen LogP contribution in [0.2, 0.25) is 0 Å². The van der Waals surface area contributed by atoms with Crippen LogP contribution in [0.5, 0.6) is 0 Å². The number of carbonyl (C=O) groups is 1. The van der Waals surface area contributed by atoms with Gasteiger partial charge in [-0.05, 0) is 26.1 Å². The molecule has 0 bridgehead atoms. The van der Waals surface area contributed by atoms with E-state index in [0.717, 1.165) is 18.4 Å². The van der Waals surface area contributed by atoms with Gasteiger partial charge < -0.3 is 0 Å². The van der Waals surface area contributed by atoms with Crippen molar-refractivity contribution in [2.75, 3.05) is 14.1 Å². The Morgan fingerprint density at radius 1 is 1.25 bits per heavy atom. The average Bonchev–Trinajstić information content (AvgIpc) is 2.27. The van der Waals surface area contributed by atoms with Crippen LogP contribution in [-0.4, -0.2) is 24.8 Å². The van der Waals surface area contributed by atoms with Gasteiger partial charge in [0.1, 0.15) is 0 Å². The van der Waals surface area contributed by atoms with Crippen LogP contribution >= 0.6 is 0 Å². The molecule has 0 radical (unpaired) electrons. The summed E-state index contributed by atoms with van der Waals surface area (Å²) >= 11 is 0. The maximum atomic E-state index is 12.1. The summed E-state index contributed by atoms with van der Waals surface area (Å²) in [5, 5.41) is 0. The Hall–Kier alpha value is -1.15. The zero-order chi connectivity index (χ0) is 12.0. The maximum Gasteiger partial charge on any atom is 0.154 e. The van der Waals surface area contributed by atoms with Crippen molar-refractivity contribution in [2.24, 2.45) is 0 Å². The summed E-state index contributed by atoms with van der Waals surface area (Å²) in [7, 11) is 3.92. The highest BCUT2D eigenvalue weighted by molar-refractivity contribution is 5.85. The van der Waals surface area contributed by atoms with Crippen molar-refractivity contribution in [3.63, 3.8) is 0 Å². The number of carbonyl (C=O) groups excluding carboxylic acids is 1. The lowest BCUT2D eigenvalue weighted by Gasteiger charge is -2.23. The number of unbranched alkanes of at least 4 members (excludes halogenated alkanes) is 1. The van der Waals surface area contributed by atoms with E-state index in [9.17, 15) is 4.79 Å². The van der Waals surface area contributed by atoms with Crippen LogP contribution in [0.4, 0.5) is 0 Å².